The maximum absolute atomic E-state index is 13.2. The number of likely N-dealkylation sites (tertiary alicyclic amines) is 1. The first-order chi connectivity index (χ1) is 13.1. The van der Waals surface area contributed by atoms with Gasteiger partial charge in [0.15, 0.2) is 5.78 Å². The van der Waals surface area contributed by atoms with Crippen LogP contribution in [0.2, 0.25) is 0 Å². The van der Waals surface area contributed by atoms with E-state index in [1.807, 2.05) is 35.7 Å². The van der Waals surface area contributed by atoms with E-state index in [9.17, 15) is 14.4 Å². The summed E-state index contributed by atoms with van der Waals surface area (Å²) in [6, 6.07) is 10.0. The summed E-state index contributed by atoms with van der Waals surface area (Å²) >= 11 is 1.43. The average Bonchev–Trinajstić information content (AvgIpc) is 3.41. The molecule has 7 heteroatoms. The summed E-state index contributed by atoms with van der Waals surface area (Å²) in [6.07, 6.45) is 0.809. The van der Waals surface area contributed by atoms with Crippen molar-refractivity contribution in [2.24, 2.45) is 0 Å². The lowest BCUT2D eigenvalue weighted by molar-refractivity contribution is -0.138. The van der Waals surface area contributed by atoms with E-state index in [0.29, 0.717) is 24.9 Å². The first kappa shape index (κ1) is 17.9. The Bertz CT molecular complexity index is 837. The quantitative estimate of drug-likeness (QED) is 0.851. The molecule has 3 heterocycles. The molecule has 1 aromatic heterocycles. The van der Waals surface area contributed by atoms with E-state index in [1.54, 1.807) is 16.3 Å². The number of Topliss-reactive ketones (excluding diaryl/α,β-unsaturated/α-hetero) is 1. The van der Waals surface area contributed by atoms with Crippen LogP contribution in [-0.2, 0) is 20.7 Å². The summed E-state index contributed by atoms with van der Waals surface area (Å²) in [5.41, 5.74) is 1.48. The maximum Gasteiger partial charge on any atom is 0.252 e. The Labute approximate surface area is 161 Å². The number of carbonyl (C=O) groups is 3. The monoisotopic (exact) mass is 384 g/mol. The van der Waals surface area contributed by atoms with Crippen molar-refractivity contribution in [3.05, 3.63) is 58.3 Å². The van der Waals surface area contributed by atoms with E-state index in [2.05, 4.69) is 5.32 Å². The van der Waals surface area contributed by atoms with Crippen molar-refractivity contribution >= 4 is 28.9 Å². The number of ketones is 1. The van der Waals surface area contributed by atoms with Crippen LogP contribution in [0.5, 0.6) is 0 Å². The molecule has 27 heavy (non-hydrogen) atoms. The number of benzene rings is 1. The molecule has 0 saturated carbocycles. The zero-order valence-electron chi connectivity index (χ0n) is 14.7. The smallest absolute Gasteiger partial charge is 0.252 e. The number of hydrogen-bond acceptors (Lipinski definition) is 5. The molecule has 3 atom stereocenters. The van der Waals surface area contributed by atoms with Crippen LogP contribution in [0.25, 0.3) is 0 Å². The SMILES string of the molecule is O=C(N[C@@H](Cc1ccccc1)C(=O)N1CC[C@H]2OCC(=O)[C@H]21)c1ccsc1. The molecule has 0 spiro atoms. The van der Waals surface area contributed by atoms with Crippen LogP contribution in [0.3, 0.4) is 0 Å². The first-order valence-electron chi connectivity index (χ1n) is 8.95. The van der Waals surface area contributed by atoms with Crippen molar-refractivity contribution in [1.82, 2.24) is 10.2 Å². The fraction of sp³-hybridized carbons (Fsp3) is 0.350. The van der Waals surface area contributed by atoms with Crippen LogP contribution in [0.4, 0.5) is 0 Å². The molecule has 1 N–H and O–H groups in total. The highest BCUT2D eigenvalue weighted by Gasteiger charge is 2.48. The van der Waals surface area contributed by atoms with Crippen LogP contribution >= 0.6 is 11.3 Å². The van der Waals surface area contributed by atoms with Gasteiger partial charge >= 0.3 is 0 Å². The van der Waals surface area contributed by atoms with Crippen molar-refractivity contribution in [2.75, 3.05) is 13.2 Å². The van der Waals surface area contributed by atoms with Gasteiger partial charge in [0.05, 0.1) is 11.7 Å². The number of carbonyl (C=O) groups excluding carboxylic acids is 3. The van der Waals surface area contributed by atoms with Gasteiger partial charge < -0.3 is 15.0 Å². The number of amides is 2. The van der Waals surface area contributed by atoms with E-state index in [0.717, 1.165) is 5.56 Å². The largest absolute Gasteiger partial charge is 0.368 e. The van der Waals surface area contributed by atoms with Crippen molar-refractivity contribution < 1.29 is 19.1 Å². The van der Waals surface area contributed by atoms with E-state index in [-0.39, 0.29) is 30.3 Å². The van der Waals surface area contributed by atoms with Gasteiger partial charge in [-0.1, -0.05) is 30.3 Å². The molecule has 140 valence electrons. The van der Waals surface area contributed by atoms with Crippen LogP contribution in [0.1, 0.15) is 22.3 Å². The molecule has 0 radical (unpaired) electrons. The fourth-order valence-electron chi connectivity index (χ4n) is 3.73. The van der Waals surface area contributed by atoms with Gasteiger partial charge in [0.1, 0.15) is 18.7 Å². The number of rotatable bonds is 5. The van der Waals surface area contributed by atoms with Gasteiger partial charge in [-0.15, -0.1) is 0 Å². The van der Waals surface area contributed by atoms with E-state index in [4.69, 9.17) is 4.74 Å². The molecule has 0 unspecified atom stereocenters. The molecule has 0 aliphatic carbocycles. The Kier molecular flexibility index (Phi) is 5.05. The summed E-state index contributed by atoms with van der Waals surface area (Å²) < 4.78 is 5.48. The molecule has 6 nitrogen and oxygen atoms in total. The third kappa shape index (κ3) is 3.65. The molecule has 4 rings (SSSR count). The van der Waals surface area contributed by atoms with Gasteiger partial charge in [-0.25, -0.2) is 0 Å². The number of nitrogens with zero attached hydrogens (tertiary/aromatic N) is 1. The average molecular weight is 384 g/mol. The molecule has 1 aromatic carbocycles. The first-order valence-corrected chi connectivity index (χ1v) is 9.89. The molecular weight excluding hydrogens is 364 g/mol. The van der Waals surface area contributed by atoms with Gasteiger partial charge in [-0.2, -0.15) is 11.3 Å². The van der Waals surface area contributed by atoms with Crippen molar-refractivity contribution in [3.8, 4) is 0 Å². The third-order valence-corrected chi connectivity index (χ3v) is 5.75. The van der Waals surface area contributed by atoms with Crippen LogP contribution in [-0.4, -0.2) is 53.8 Å². The molecule has 2 aliphatic rings. The molecular formula is C20H20N2O4S. The highest BCUT2D eigenvalue weighted by atomic mass is 32.1. The van der Waals surface area contributed by atoms with Crippen molar-refractivity contribution in [3.63, 3.8) is 0 Å². The van der Waals surface area contributed by atoms with Crippen LogP contribution in [0, 0.1) is 0 Å². The summed E-state index contributed by atoms with van der Waals surface area (Å²) in [6.45, 7) is 0.531. The number of fused-ring (bicyclic) bond motifs is 1. The molecule has 0 bridgehead atoms. The molecule has 2 aromatic rings. The summed E-state index contributed by atoms with van der Waals surface area (Å²) in [7, 11) is 0. The van der Waals surface area contributed by atoms with Crippen LogP contribution in [0.15, 0.2) is 47.2 Å². The Morgan fingerprint density at radius 2 is 2.07 bits per heavy atom. The van der Waals surface area contributed by atoms with Crippen molar-refractivity contribution in [1.29, 1.82) is 0 Å². The Hall–Kier alpha value is -2.51. The summed E-state index contributed by atoms with van der Waals surface area (Å²) in [4.78, 5) is 39.5. The minimum absolute atomic E-state index is 0.0593. The Balaban J connectivity index is 1.55. The maximum atomic E-state index is 13.2. The minimum Gasteiger partial charge on any atom is -0.368 e. The lowest BCUT2D eigenvalue weighted by Crippen LogP contribution is -2.53. The predicted octanol–water partition coefficient (Wildman–Crippen LogP) is 1.66. The topological polar surface area (TPSA) is 75.7 Å². The lowest BCUT2D eigenvalue weighted by atomic mass is 10.0. The highest BCUT2D eigenvalue weighted by molar-refractivity contribution is 7.08. The zero-order valence-corrected chi connectivity index (χ0v) is 15.5. The van der Waals surface area contributed by atoms with Crippen LogP contribution < -0.4 is 5.32 Å². The third-order valence-electron chi connectivity index (χ3n) is 5.06. The lowest BCUT2D eigenvalue weighted by Gasteiger charge is -2.27. The fourth-order valence-corrected chi connectivity index (χ4v) is 4.36. The van der Waals surface area contributed by atoms with E-state index in [1.165, 1.54) is 11.3 Å². The summed E-state index contributed by atoms with van der Waals surface area (Å²) in [5, 5.41) is 6.44. The Morgan fingerprint density at radius 3 is 2.81 bits per heavy atom. The van der Waals surface area contributed by atoms with Gasteiger partial charge in [-0.05, 0) is 23.4 Å². The normalized spacial score (nSPS) is 22.5. The molecule has 2 aliphatic heterocycles. The molecule has 2 fully saturated rings. The second-order valence-electron chi connectivity index (χ2n) is 6.81. The molecule has 2 saturated heterocycles. The molecule has 2 amide bonds. The highest BCUT2D eigenvalue weighted by Crippen LogP contribution is 2.28. The van der Waals surface area contributed by atoms with E-state index >= 15 is 0 Å². The Morgan fingerprint density at radius 1 is 1.26 bits per heavy atom. The van der Waals surface area contributed by atoms with Gasteiger partial charge in [-0.3, -0.25) is 14.4 Å². The predicted molar refractivity (Wildman–Crippen MR) is 101 cm³/mol. The van der Waals surface area contributed by atoms with Gasteiger partial charge in [0.2, 0.25) is 5.91 Å². The van der Waals surface area contributed by atoms with Gasteiger partial charge in [0, 0.05) is 18.3 Å². The van der Waals surface area contributed by atoms with Crippen molar-refractivity contribution in [2.45, 2.75) is 31.0 Å². The van der Waals surface area contributed by atoms with Gasteiger partial charge in [0.25, 0.3) is 5.91 Å². The zero-order chi connectivity index (χ0) is 18.8. The number of hydrogen-bond donors (Lipinski definition) is 1. The second-order valence-corrected chi connectivity index (χ2v) is 7.59. The number of thiophene rings is 1. The minimum atomic E-state index is -0.730. The number of ether oxygens (including phenoxy) is 1. The summed E-state index contributed by atoms with van der Waals surface area (Å²) in [5.74, 6) is -0.572. The standard InChI is InChI=1S/C20H20N2O4S/c23-16-11-26-17-6-8-22(18(16)17)20(25)15(10-13-4-2-1-3-5-13)21-19(24)14-7-9-27-12-14/h1-5,7,9,12,15,17-18H,6,8,10-11H2,(H,21,24)/t15-,17+,18+/m0/s1. The second kappa shape index (κ2) is 7.62. The van der Waals surface area contributed by atoms with E-state index < -0.39 is 12.1 Å². The number of nitrogens with one attached hydrogen (secondary N) is 1.